The minimum absolute atomic E-state index is 0.0170. The Labute approximate surface area is 142 Å². The Morgan fingerprint density at radius 3 is 2.42 bits per heavy atom. The van der Waals surface area contributed by atoms with E-state index in [-0.39, 0.29) is 24.3 Å². The number of amides is 1. The van der Waals surface area contributed by atoms with Gasteiger partial charge in [0.2, 0.25) is 5.91 Å². The number of carbonyl (C=O) groups is 1. The van der Waals surface area contributed by atoms with Crippen molar-refractivity contribution < 1.29 is 9.18 Å². The molecule has 0 radical (unpaired) electrons. The molecule has 1 amide bonds. The summed E-state index contributed by atoms with van der Waals surface area (Å²) in [7, 11) is 0. The number of hydrogen-bond acceptors (Lipinski definition) is 2. The number of benzene rings is 2. The van der Waals surface area contributed by atoms with Gasteiger partial charge in [-0.25, -0.2) is 4.39 Å². The number of halogens is 1. The largest absolute Gasteiger partial charge is 0.376 e. The molecule has 0 aromatic heterocycles. The Kier molecular flexibility index (Phi) is 4.84. The lowest BCUT2D eigenvalue weighted by Crippen LogP contribution is -2.37. The number of nitrogens with one attached hydrogen (secondary N) is 1. The number of hydrogen-bond donors (Lipinski definition) is 1. The highest BCUT2D eigenvalue weighted by atomic mass is 19.1. The standard InChI is InChI=1S/C20H23FN2O/c1-14-6-5-7-15(2)20(14)22-12-19(24)23(17-10-11-17)13-16-8-3-4-9-18(16)21/h3-9,17,22H,10-13H2,1-2H3. The van der Waals surface area contributed by atoms with Gasteiger partial charge in [0.05, 0.1) is 6.54 Å². The van der Waals surface area contributed by atoms with E-state index in [1.165, 1.54) is 6.07 Å². The molecule has 0 bridgehead atoms. The summed E-state index contributed by atoms with van der Waals surface area (Å²) in [5, 5.41) is 3.26. The van der Waals surface area contributed by atoms with Gasteiger partial charge in [0.15, 0.2) is 0 Å². The van der Waals surface area contributed by atoms with Crippen LogP contribution in [-0.4, -0.2) is 23.4 Å². The topological polar surface area (TPSA) is 32.3 Å². The molecular weight excluding hydrogens is 303 g/mol. The second-order valence-electron chi connectivity index (χ2n) is 6.46. The minimum Gasteiger partial charge on any atom is -0.376 e. The number of para-hydroxylation sites is 1. The fourth-order valence-corrected chi connectivity index (χ4v) is 2.98. The van der Waals surface area contributed by atoms with E-state index in [1.807, 2.05) is 38.1 Å². The van der Waals surface area contributed by atoms with Crippen LogP contribution in [0.15, 0.2) is 42.5 Å². The number of rotatable bonds is 6. The lowest BCUT2D eigenvalue weighted by atomic mass is 10.1. The molecule has 24 heavy (non-hydrogen) atoms. The molecule has 3 nitrogen and oxygen atoms in total. The van der Waals surface area contributed by atoms with Gasteiger partial charge in [0.1, 0.15) is 5.82 Å². The normalized spacial score (nSPS) is 13.6. The van der Waals surface area contributed by atoms with Gasteiger partial charge < -0.3 is 10.2 Å². The molecule has 4 heteroatoms. The summed E-state index contributed by atoms with van der Waals surface area (Å²) >= 11 is 0. The first kappa shape index (κ1) is 16.5. The summed E-state index contributed by atoms with van der Waals surface area (Å²) in [6.45, 7) is 4.62. The molecule has 126 valence electrons. The van der Waals surface area contributed by atoms with Crippen LogP contribution in [0.5, 0.6) is 0 Å². The Bertz CT molecular complexity index is 720. The third kappa shape index (κ3) is 3.75. The van der Waals surface area contributed by atoms with Crippen molar-refractivity contribution in [1.82, 2.24) is 4.90 Å². The van der Waals surface area contributed by atoms with Crippen molar-refractivity contribution in [1.29, 1.82) is 0 Å². The quantitative estimate of drug-likeness (QED) is 0.869. The van der Waals surface area contributed by atoms with E-state index < -0.39 is 0 Å². The summed E-state index contributed by atoms with van der Waals surface area (Å²) < 4.78 is 13.9. The highest BCUT2D eigenvalue weighted by molar-refractivity contribution is 5.82. The zero-order valence-corrected chi connectivity index (χ0v) is 14.2. The van der Waals surface area contributed by atoms with Crippen LogP contribution in [0.25, 0.3) is 0 Å². The average Bonchev–Trinajstić information content (AvgIpc) is 3.38. The average molecular weight is 326 g/mol. The van der Waals surface area contributed by atoms with Gasteiger partial charge in [-0.3, -0.25) is 4.79 Å². The van der Waals surface area contributed by atoms with Crippen LogP contribution in [0.4, 0.5) is 10.1 Å². The van der Waals surface area contributed by atoms with E-state index in [1.54, 1.807) is 17.0 Å². The summed E-state index contributed by atoms with van der Waals surface area (Å²) in [4.78, 5) is 14.5. The van der Waals surface area contributed by atoms with Gasteiger partial charge in [-0.05, 0) is 43.9 Å². The Hall–Kier alpha value is -2.36. The van der Waals surface area contributed by atoms with Crippen LogP contribution in [0, 0.1) is 19.7 Å². The first-order chi connectivity index (χ1) is 11.6. The third-order valence-electron chi connectivity index (χ3n) is 4.50. The minimum atomic E-state index is -0.251. The molecule has 1 N–H and O–H groups in total. The van der Waals surface area contributed by atoms with E-state index in [9.17, 15) is 9.18 Å². The van der Waals surface area contributed by atoms with E-state index in [0.29, 0.717) is 12.1 Å². The maximum absolute atomic E-state index is 13.9. The molecule has 1 saturated carbocycles. The number of nitrogens with zero attached hydrogens (tertiary/aromatic N) is 1. The van der Waals surface area contributed by atoms with Gasteiger partial charge in [-0.15, -0.1) is 0 Å². The third-order valence-corrected chi connectivity index (χ3v) is 4.50. The zero-order chi connectivity index (χ0) is 17.1. The highest BCUT2D eigenvalue weighted by Crippen LogP contribution is 2.29. The molecule has 1 aliphatic carbocycles. The summed E-state index contributed by atoms with van der Waals surface area (Å²) in [5.74, 6) is -0.234. The molecule has 0 unspecified atom stereocenters. The van der Waals surface area contributed by atoms with Crippen LogP contribution in [0.1, 0.15) is 29.5 Å². The van der Waals surface area contributed by atoms with Crippen molar-refractivity contribution in [3.8, 4) is 0 Å². The monoisotopic (exact) mass is 326 g/mol. The number of anilines is 1. The molecule has 2 aromatic carbocycles. The fourth-order valence-electron chi connectivity index (χ4n) is 2.98. The molecule has 0 heterocycles. The van der Waals surface area contributed by atoms with Crippen LogP contribution >= 0.6 is 0 Å². The predicted octanol–water partition coefficient (Wildman–Crippen LogP) is 4.05. The molecule has 0 spiro atoms. The summed E-state index contributed by atoms with van der Waals surface area (Å²) in [6.07, 6.45) is 2.01. The Morgan fingerprint density at radius 1 is 1.12 bits per heavy atom. The van der Waals surface area contributed by atoms with Crippen LogP contribution in [-0.2, 0) is 11.3 Å². The maximum Gasteiger partial charge on any atom is 0.242 e. The van der Waals surface area contributed by atoms with Crippen molar-refractivity contribution in [3.05, 3.63) is 65.0 Å². The van der Waals surface area contributed by atoms with E-state index >= 15 is 0 Å². The number of carbonyl (C=O) groups excluding carboxylic acids is 1. The van der Waals surface area contributed by atoms with Crippen molar-refractivity contribution >= 4 is 11.6 Å². The summed E-state index contributed by atoms with van der Waals surface area (Å²) in [5.41, 5.74) is 3.82. The molecule has 3 rings (SSSR count). The SMILES string of the molecule is Cc1cccc(C)c1NCC(=O)N(Cc1ccccc1F)C1CC1. The van der Waals surface area contributed by atoms with Crippen molar-refractivity contribution in [3.63, 3.8) is 0 Å². The van der Waals surface area contributed by atoms with Gasteiger partial charge in [0.25, 0.3) is 0 Å². The lowest BCUT2D eigenvalue weighted by molar-refractivity contribution is -0.130. The fraction of sp³-hybridized carbons (Fsp3) is 0.350. The van der Waals surface area contributed by atoms with Gasteiger partial charge in [-0.2, -0.15) is 0 Å². The van der Waals surface area contributed by atoms with Gasteiger partial charge in [-0.1, -0.05) is 36.4 Å². The first-order valence-corrected chi connectivity index (χ1v) is 8.39. The van der Waals surface area contributed by atoms with Crippen molar-refractivity contribution in [2.75, 3.05) is 11.9 Å². The van der Waals surface area contributed by atoms with Gasteiger partial charge >= 0.3 is 0 Å². The van der Waals surface area contributed by atoms with Crippen molar-refractivity contribution in [2.45, 2.75) is 39.3 Å². The zero-order valence-electron chi connectivity index (χ0n) is 14.2. The van der Waals surface area contributed by atoms with E-state index in [0.717, 1.165) is 29.7 Å². The molecular formula is C20H23FN2O. The first-order valence-electron chi connectivity index (χ1n) is 8.39. The lowest BCUT2D eigenvalue weighted by Gasteiger charge is -2.24. The molecule has 1 fully saturated rings. The predicted molar refractivity (Wildman–Crippen MR) is 94.4 cm³/mol. The molecule has 1 aliphatic rings. The van der Waals surface area contributed by atoms with Crippen LogP contribution in [0.3, 0.4) is 0 Å². The molecule has 0 atom stereocenters. The van der Waals surface area contributed by atoms with Crippen LogP contribution in [0.2, 0.25) is 0 Å². The second-order valence-corrected chi connectivity index (χ2v) is 6.46. The Balaban J connectivity index is 1.68. The molecule has 0 saturated heterocycles. The van der Waals surface area contributed by atoms with Crippen molar-refractivity contribution in [2.24, 2.45) is 0 Å². The Morgan fingerprint density at radius 2 is 1.79 bits per heavy atom. The van der Waals surface area contributed by atoms with E-state index in [4.69, 9.17) is 0 Å². The number of aryl methyl sites for hydroxylation is 2. The van der Waals surface area contributed by atoms with Crippen LogP contribution < -0.4 is 5.32 Å². The molecule has 2 aromatic rings. The summed E-state index contributed by atoms with van der Waals surface area (Å²) in [6, 6.07) is 13.0. The van der Waals surface area contributed by atoms with Gasteiger partial charge in [0, 0.05) is 23.8 Å². The smallest absolute Gasteiger partial charge is 0.242 e. The maximum atomic E-state index is 13.9. The van der Waals surface area contributed by atoms with E-state index in [2.05, 4.69) is 5.32 Å². The molecule has 0 aliphatic heterocycles. The highest BCUT2D eigenvalue weighted by Gasteiger charge is 2.32. The second kappa shape index (κ2) is 7.04.